The summed E-state index contributed by atoms with van der Waals surface area (Å²) in [5.41, 5.74) is 7.39. The number of carboxylic acids is 1. The number of aromatic carboxylic acids is 1. The third-order valence-electron chi connectivity index (χ3n) is 6.70. The van der Waals surface area contributed by atoms with E-state index in [0.29, 0.717) is 29.0 Å². The summed E-state index contributed by atoms with van der Waals surface area (Å²) >= 11 is 0. The van der Waals surface area contributed by atoms with Crippen LogP contribution in [-0.4, -0.2) is 46.1 Å². The van der Waals surface area contributed by atoms with E-state index in [0.717, 1.165) is 45.1 Å². The van der Waals surface area contributed by atoms with Crippen LogP contribution in [0.5, 0.6) is 5.75 Å². The monoisotopic (exact) mass is 425 g/mol. The first-order chi connectivity index (χ1) is 15.0. The van der Waals surface area contributed by atoms with Crippen LogP contribution in [0, 0.1) is 12.8 Å². The van der Waals surface area contributed by atoms with Gasteiger partial charge in [0.25, 0.3) is 0 Å². The highest BCUT2D eigenvalue weighted by atomic mass is 16.5. The molecule has 31 heavy (non-hydrogen) atoms. The highest BCUT2D eigenvalue weighted by Crippen LogP contribution is 2.34. The van der Waals surface area contributed by atoms with Crippen molar-refractivity contribution < 1.29 is 19.4 Å². The van der Waals surface area contributed by atoms with Gasteiger partial charge in [0.2, 0.25) is 5.91 Å². The molecule has 1 aromatic heterocycles. The number of nitrogens with zero attached hydrogens (tertiary/aromatic N) is 2. The molecular formula is C24H31N3O4. The number of nitrogens with two attached hydrogens (primary N) is 1. The number of amides is 1. The van der Waals surface area contributed by atoms with E-state index in [4.69, 9.17) is 10.5 Å². The number of carboxylic acid groups (broad SMARTS) is 1. The van der Waals surface area contributed by atoms with Crippen molar-refractivity contribution in [1.82, 2.24) is 9.88 Å². The lowest BCUT2D eigenvalue weighted by Crippen LogP contribution is -2.42. The maximum atomic E-state index is 13.2. The average molecular weight is 426 g/mol. The molecule has 2 heterocycles. The lowest BCUT2D eigenvalue weighted by molar-refractivity contribution is -0.137. The summed E-state index contributed by atoms with van der Waals surface area (Å²) in [6.07, 6.45) is 8.61. The highest BCUT2D eigenvalue weighted by Gasteiger charge is 2.33. The second kappa shape index (κ2) is 9.12. The maximum Gasteiger partial charge on any atom is 0.339 e. The Bertz CT molecular complexity index is 982. The van der Waals surface area contributed by atoms with Gasteiger partial charge in [-0.15, -0.1) is 0 Å². The van der Waals surface area contributed by atoms with E-state index in [2.05, 4.69) is 4.98 Å². The molecule has 1 atom stereocenters. The van der Waals surface area contributed by atoms with E-state index in [-0.39, 0.29) is 29.1 Å². The number of rotatable bonds is 5. The first-order valence-electron chi connectivity index (χ1n) is 11.3. The number of hydrogen-bond acceptors (Lipinski definition) is 5. The topological polar surface area (TPSA) is 106 Å². The van der Waals surface area contributed by atoms with Crippen molar-refractivity contribution in [3.05, 3.63) is 29.5 Å². The van der Waals surface area contributed by atoms with Crippen LogP contribution >= 0.6 is 0 Å². The van der Waals surface area contributed by atoms with Crippen molar-refractivity contribution >= 4 is 28.5 Å². The fourth-order valence-corrected chi connectivity index (χ4v) is 5.08. The van der Waals surface area contributed by atoms with E-state index < -0.39 is 5.97 Å². The van der Waals surface area contributed by atoms with Crippen LogP contribution in [-0.2, 0) is 4.79 Å². The van der Waals surface area contributed by atoms with E-state index in [1.807, 2.05) is 11.0 Å². The number of likely N-dealkylation sites (tertiary alicyclic amines) is 1. The number of ether oxygens (including phenoxy) is 1. The number of hydrogen-bond donors (Lipinski definition) is 2. The Morgan fingerprint density at radius 3 is 2.61 bits per heavy atom. The van der Waals surface area contributed by atoms with Gasteiger partial charge >= 0.3 is 5.97 Å². The number of anilines is 1. The van der Waals surface area contributed by atoms with E-state index in [1.165, 1.54) is 12.8 Å². The zero-order chi connectivity index (χ0) is 22.0. The Kier molecular flexibility index (Phi) is 6.30. The van der Waals surface area contributed by atoms with Crippen LogP contribution in [0.3, 0.4) is 0 Å². The normalized spacial score (nSPS) is 20.0. The number of aryl methyl sites for hydroxylation is 1. The molecule has 1 amide bonds. The van der Waals surface area contributed by atoms with Gasteiger partial charge in [-0.2, -0.15) is 0 Å². The molecule has 0 bridgehead atoms. The SMILES string of the molecule is Cc1nc2cccc(OCC3CCCN3C(=O)C3CCCCCC3)c2c(N)c1C(=O)O. The zero-order valence-electron chi connectivity index (χ0n) is 18.1. The lowest BCUT2D eigenvalue weighted by Gasteiger charge is -2.28. The number of aromatic nitrogens is 1. The fraction of sp³-hybridized carbons (Fsp3) is 0.542. The molecule has 3 N–H and O–H groups in total. The Balaban J connectivity index is 1.54. The van der Waals surface area contributed by atoms with Gasteiger partial charge in [-0.3, -0.25) is 9.78 Å². The summed E-state index contributed by atoms with van der Waals surface area (Å²) in [7, 11) is 0. The van der Waals surface area contributed by atoms with Gasteiger partial charge in [0.05, 0.1) is 28.3 Å². The molecule has 4 rings (SSSR count). The van der Waals surface area contributed by atoms with E-state index in [1.54, 1.807) is 19.1 Å². The van der Waals surface area contributed by atoms with Gasteiger partial charge < -0.3 is 20.5 Å². The third kappa shape index (κ3) is 4.31. The highest BCUT2D eigenvalue weighted by molar-refractivity contribution is 6.06. The molecular weight excluding hydrogens is 394 g/mol. The molecule has 1 unspecified atom stereocenters. The quantitative estimate of drug-likeness (QED) is 0.697. The Morgan fingerprint density at radius 2 is 1.90 bits per heavy atom. The molecule has 1 saturated heterocycles. The number of fused-ring (bicyclic) bond motifs is 1. The van der Waals surface area contributed by atoms with Crippen LogP contribution in [0.25, 0.3) is 10.9 Å². The van der Waals surface area contributed by atoms with Gasteiger partial charge in [0, 0.05) is 12.5 Å². The second-order valence-electron chi connectivity index (χ2n) is 8.77. The van der Waals surface area contributed by atoms with Crippen molar-refractivity contribution in [2.24, 2.45) is 5.92 Å². The molecule has 1 saturated carbocycles. The van der Waals surface area contributed by atoms with Gasteiger partial charge in [-0.1, -0.05) is 31.7 Å². The minimum atomic E-state index is -1.10. The predicted molar refractivity (Wildman–Crippen MR) is 119 cm³/mol. The van der Waals surface area contributed by atoms with Crippen LogP contribution in [0.4, 0.5) is 5.69 Å². The van der Waals surface area contributed by atoms with Crippen molar-refractivity contribution in [1.29, 1.82) is 0 Å². The molecule has 0 radical (unpaired) electrons. The number of carbonyl (C=O) groups excluding carboxylic acids is 1. The summed E-state index contributed by atoms with van der Waals surface area (Å²) in [4.78, 5) is 31.2. The third-order valence-corrected chi connectivity index (χ3v) is 6.70. The van der Waals surface area contributed by atoms with E-state index >= 15 is 0 Å². The van der Waals surface area contributed by atoms with Crippen molar-refractivity contribution in [2.45, 2.75) is 64.3 Å². The smallest absolute Gasteiger partial charge is 0.339 e. The summed E-state index contributed by atoms with van der Waals surface area (Å²) in [5, 5.41) is 10.1. The predicted octanol–water partition coefficient (Wildman–Crippen LogP) is 4.16. The standard InChI is InChI=1S/C24H31N3O4/c1-15-20(24(29)30)22(25)21-18(26-15)11-6-12-19(21)31-14-17-10-7-13-27(17)23(28)16-8-4-2-3-5-9-16/h6,11-12,16-17H,2-5,7-10,13-14H2,1H3,(H2,25,26)(H,29,30). The molecule has 7 heteroatoms. The van der Waals surface area contributed by atoms with Crippen LogP contribution in [0.2, 0.25) is 0 Å². The first kappa shape index (κ1) is 21.4. The molecule has 1 aliphatic heterocycles. The van der Waals surface area contributed by atoms with E-state index in [9.17, 15) is 14.7 Å². The van der Waals surface area contributed by atoms with Gasteiger partial charge in [-0.25, -0.2) is 4.79 Å². The summed E-state index contributed by atoms with van der Waals surface area (Å²) < 4.78 is 6.14. The Labute approximate surface area is 182 Å². The summed E-state index contributed by atoms with van der Waals surface area (Å²) in [6, 6.07) is 5.44. The molecule has 1 aliphatic carbocycles. The molecule has 7 nitrogen and oxygen atoms in total. The number of nitrogen functional groups attached to an aromatic ring is 1. The summed E-state index contributed by atoms with van der Waals surface area (Å²) in [6.45, 7) is 2.79. The van der Waals surface area contributed by atoms with Gasteiger partial charge in [0.15, 0.2) is 0 Å². The largest absolute Gasteiger partial charge is 0.491 e. The van der Waals surface area contributed by atoms with Crippen molar-refractivity contribution in [3.8, 4) is 5.75 Å². The molecule has 1 aromatic carbocycles. The summed E-state index contributed by atoms with van der Waals surface area (Å²) in [5.74, 6) is -0.175. The second-order valence-corrected chi connectivity index (χ2v) is 8.77. The minimum absolute atomic E-state index is 0.00887. The number of benzene rings is 1. The van der Waals surface area contributed by atoms with Gasteiger partial charge in [0.1, 0.15) is 17.9 Å². The molecule has 2 aliphatic rings. The van der Waals surface area contributed by atoms with Crippen LogP contribution in [0.15, 0.2) is 18.2 Å². The fourth-order valence-electron chi connectivity index (χ4n) is 5.08. The first-order valence-corrected chi connectivity index (χ1v) is 11.3. The number of carbonyl (C=O) groups is 2. The van der Waals surface area contributed by atoms with Crippen LogP contribution < -0.4 is 10.5 Å². The zero-order valence-corrected chi connectivity index (χ0v) is 18.1. The lowest BCUT2D eigenvalue weighted by atomic mass is 9.98. The van der Waals surface area contributed by atoms with Gasteiger partial charge in [-0.05, 0) is 44.7 Å². The molecule has 0 spiro atoms. The van der Waals surface area contributed by atoms with Crippen molar-refractivity contribution in [2.75, 3.05) is 18.9 Å². The molecule has 2 fully saturated rings. The van der Waals surface area contributed by atoms with Crippen LogP contribution in [0.1, 0.15) is 67.4 Å². The Morgan fingerprint density at radius 1 is 1.16 bits per heavy atom. The average Bonchev–Trinajstić information content (AvgIpc) is 3.03. The minimum Gasteiger partial charge on any atom is -0.491 e. The maximum absolute atomic E-state index is 13.2. The molecule has 166 valence electrons. The van der Waals surface area contributed by atoms with Crippen molar-refractivity contribution in [3.63, 3.8) is 0 Å². The molecule has 2 aromatic rings. The Hall–Kier alpha value is -2.83. The number of pyridine rings is 1.